The molecule has 220 valence electrons. The van der Waals surface area contributed by atoms with Crippen LogP contribution in [-0.4, -0.2) is 21.7 Å². The summed E-state index contributed by atoms with van der Waals surface area (Å²) in [5.74, 6) is -0.756. The molecule has 4 aromatic carbocycles. The van der Waals surface area contributed by atoms with Crippen molar-refractivity contribution in [1.82, 2.24) is 0 Å². The van der Waals surface area contributed by atoms with Crippen LogP contribution in [0.4, 0.5) is 22.7 Å². The van der Waals surface area contributed by atoms with Gasteiger partial charge in [0.2, 0.25) is 11.8 Å². The zero-order valence-electron chi connectivity index (χ0n) is 22.0. The van der Waals surface area contributed by atoms with Crippen LogP contribution in [0.25, 0.3) is 22.3 Å². The van der Waals surface area contributed by atoms with Crippen LogP contribution >= 0.6 is 58.2 Å². The molecule has 4 rings (SSSR count). The third kappa shape index (κ3) is 7.03. The van der Waals surface area contributed by atoms with E-state index in [1.54, 1.807) is 24.3 Å². The van der Waals surface area contributed by atoms with Gasteiger partial charge in [0.1, 0.15) is 0 Å². The molecule has 0 aliphatic heterocycles. The van der Waals surface area contributed by atoms with Crippen molar-refractivity contribution in [2.24, 2.45) is 0 Å². The van der Waals surface area contributed by atoms with Crippen molar-refractivity contribution in [3.8, 4) is 22.3 Å². The first kappa shape index (κ1) is 32.1. The molecular weight excluding hydrogens is 662 g/mol. The normalized spacial score (nSPS) is 10.7. The maximum Gasteiger partial charge on any atom is 0.270 e. The van der Waals surface area contributed by atoms with Gasteiger partial charge in [0.15, 0.2) is 0 Å². The topological polar surface area (TPSA) is 144 Å². The number of nitrogens with zero attached hydrogens (tertiary/aromatic N) is 2. The molecule has 0 saturated heterocycles. The molecule has 0 aromatic heterocycles. The molecule has 0 saturated carbocycles. The Morgan fingerprint density at radius 2 is 1.02 bits per heavy atom. The molecule has 2 N–H and O–H groups in total. The average Bonchev–Trinajstić information content (AvgIpc) is 2.92. The van der Waals surface area contributed by atoms with E-state index in [2.05, 4.69) is 10.6 Å². The monoisotopic (exact) mass is 678 g/mol. The summed E-state index contributed by atoms with van der Waals surface area (Å²) in [6.07, 6.45) is 0. The van der Waals surface area contributed by atoms with Gasteiger partial charge in [-0.3, -0.25) is 29.8 Å². The molecule has 0 bridgehead atoms. The third-order valence-electron chi connectivity index (χ3n) is 5.92. The first-order valence-electron chi connectivity index (χ1n) is 12.0. The highest BCUT2D eigenvalue weighted by atomic mass is 35.5. The van der Waals surface area contributed by atoms with Gasteiger partial charge < -0.3 is 10.6 Å². The van der Waals surface area contributed by atoms with Crippen molar-refractivity contribution in [3.05, 3.63) is 101 Å². The summed E-state index contributed by atoms with van der Waals surface area (Å²) in [6, 6.07) is 14.3. The summed E-state index contributed by atoms with van der Waals surface area (Å²) in [7, 11) is 0. The number of nitrogens with one attached hydrogen (secondary N) is 2. The van der Waals surface area contributed by atoms with Crippen molar-refractivity contribution in [2.45, 2.75) is 23.6 Å². The van der Waals surface area contributed by atoms with Crippen molar-refractivity contribution in [3.63, 3.8) is 0 Å². The lowest BCUT2D eigenvalue weighted by atomic mass is 10.0. The van der Waals surface area contributed by atoms with Crippen LogP contribution in [0.3, 0.4) is 0 Å². The Labute approximate surface area is 268 Å². The number of carbonyl (C=O) groups excluding carboxylic acids is 2. The maximum absolute atomic E-state index is 11.9. The molecule has 43 heavy (non-hydrogen) atoms. The molecule has 0 heterocycles. The number of nitro benzene ring substituents is 2. The SMILES string of the molecule is CC(=O)Nc1ccc(Sc2ccc(NC(C)=O)c(-c3ccc([N+](=O)[O-])cc3Cl)c2Cl)c(Cl)c1-c1ccc([N+](=O)[O-])cc1Cl. The highest BCUT2D eigenvalue weighted by Gasteiger charge is 2.23. The highest BCUT2D eigenvalue weighted by Crippen LogP contribution is 2.49. The fourth-order valence-corrected chi connectivity index (χ4v) is 6.34. The molecule has 0 spiro atoms. The number of benzene rings is 4. The van der Waals surface area contributed by atoms with E-state index in [4.69, 9.17) is 46.4 Å². The third-order valence-corrected chi connectivity index (χ3v) is 8.67. The predicted octanol–water partition coefficient (Wildman–Crippen LogP) is 9.52. The smallest absolute Gasteiger partial charge is 0.270 e. The lowest BCUT2D eigenvalue weighted by Crippen LogP contribution is -2.08. The van der Waals surface area contributed by atoms with E-state index < -0.39 is 9.85 Å². The number of hydrogen-bond donors (Lipinski definition) is 2. The van der Waals surface area contributed by atoms with Crippen LogP contribution in [-0.2, 0) is 9.59 Å². The summed E-state index contributed by atoms with van der Waals surface area (Å²) in [4.78, 5) is 46.2. The molecule has 0 atom stereocenters. The van der Waals surface area contributed by atoms with E-state index in [0.717, 1.165) is 11.8 Å². The molecule has 0 fully saturated rings. The average molecular weight is 680 g/mol. The van der Waals surface area contributed by atoms with E-state index in [1.165, 1.54) is 50.2 Å². The predicted molar refractivity (Wildman–Crippen MR) is 170 cm³/mol. The number of hydrogen-bond acceptors (Lipinski definition) is 7. The number of halogens is 4. The van der Waals surface area contributed by atoms with Gasteiger partial charge in [0.05, 0.1) is 41.3 Å². The number of rotatable bonds is 8. The Morgan fingerprint density at radius 1 is 0.651 bits per heavy atom. The van der Waals surface area contributed by atoms with Crippen LogP contribution in [0.1, 0.15) is 13.8 Å². The summed E-state index contributed by atoms with van der Waals surface area (Å²) in [5.41, 5.74) is 1.53. The van der Waals surface area contributed by atoms with Crippen molar-refractivity contribution >= 4 is 92.7 Å². The second kappa shape index (κ2) is 13.2. The van der Waals surface area contributed by atoms with Gasteiger partial charge in [-0.05, 0) is 36.4 Å². The zero-order chi connectivity index (χ0) is 31.6. The van der Waals surface area contributed by atoms with Crippen LogP contribution in [0, 0.1) is 20.2 Å². The molecule has 10 nitrogen and oxygen atoms in total. The van der Waals surface area contributed by atoms with Crippen LogP contribution in [0.2, 0.25) is 20.1 Å². The van der Waals surface area contributed by atoms with Crippen LogP contribution in [0.15, 0.2) is 70.5 Å². The number of amides is 2. The van der Waals surface area contributed by atoms with E-state index in [9.17, 15) is 29.8 Å². The van der Waals surface area contributed by atoms with Gasteiger partial charge in [-0.1, -0.05) is 58.2 Å². The molecule has 15 heteroatoms. The highest BCUT2D eigenvalue weighted by molar-refractivity contribution is 7.99. The minimum absolute atomic E-state index is 0.0395. The fraction of sp³-hybridized carbons (Fsp3) is 0.0714. The van der Waals surface area contributed by atoms with Gasteiger partial charge in [0, 0.05) is 70.2 Å². The maximum atomic E-state index is 11.9. The van der Waals surface area contributed by atoms with E-state index >= 15 is 0 Å². The second-order valence-electron chi connectivity index (χ2n) is 8.91. The Balaban J connectivity index is 1.88. The Bertz CT molecular complexity index is 1700. The standard InChI is InChI=1S/C28H18Cl4N4O6S/c1-13(37)33-21-7-9-23(27(31)25(21)17-5-3-15(35(39)40)11-19(17)29)43-24-10-8-22(34-14(2)38)26(28(24)32)18-6-4-16(36(41)42)12-20(18)30/h3-12H,1-2H3,(H,33,37)(H,34,38). The number of nitro groups is 2. The van der Waals surface area contributed by atoms with E-state index in [1.807, 2.05) is 0 Å². The first-order valence-corrected chi connectivity index (χ1v) is 14.4. The van der Waals surface area contributed by atoms with Crippen molar-refractivity contribution < 1.29 is 19.4 Å². The van der Waals surface area contributed by atoms with E-state index in [0.29, 0.717) is 43.4 Å². The van der Waals surface area contributed by atoms with Gasteiger partial charge in [-0.25, -0.2) is 0 Å². The summed E-state index contributed by atoms with van der Waals surface area (Å²) in [6.45, 7) is 2.64. The lowest BCUT2D eigenvalue weighted by molar-refractivity contribution is -0.385. The lowest BCUT2D eigenvalue weighted by Gasteiger charge is -2.19. The Hall–Kier alpha value is -3.87. The Morgan fingerprint density at radius 3 is 1.33 bits per heavy atom. The number of non-ortho nitro benzene ring substituents is 2. The van der Waals surface area contributed by atoms with Gasteiger partial charge in [-0.15, -0.1) is 0 Å². The minimum atomic E-state index is -0.584. The summed E-state index contributed by atoms with van der Waals surface area (Å²) in [5, 5.41) is 28.3. The van der Waals surface area contributed by atoms with Crippen molar-refractivity contribution in [1.29, 1.82) is 0 Å². The first-order chi connectivity index (χ1) is 20.3. The number of anilines is 2. The van der Waals surface area contributed by atoms with Crippen LogP contribution in [0.5, 0.6) is 0 Å². The van der Waals surface area contributed by atoms with Crippen molar-refractivity contribution in [2.75, 3.05) is 10.6 Å². The zero-order valence-corrected chi connectivity index (χ0v) is 25.9. The molecule has 0 aliphatic carbocycles. The molecule has 0 unspecified atom stereocenters. The summed E-state index contributed by atoms with van der Waals surface area (Å²) < 4.78 is 0. The number of carbonyl (C=O) groups is 2. The fourth-order valence-electron chi connectivity index (χ4n) is 4.14. The summed E-state index contributed by atoms with van der Waals surface area (Å²) >= 11 is 27.8. The second-order valence-corrected chi connectivity index (χ2v) is 11.6. The quantitative estimate of drug-likeness (QED) is 0.139. The minimum Gasteiger partial charge on any atom is -0.326 e. The molecular formula is C28H18Cl4N4O6S. The van der Waals surface area contributed by atoms with Gasteiger partial charge in [-0.2, -0.15) is 0 Å². The van der Waals surface area contributed by atoms with Crippen LogP contribution < -0.4 is 10.6 Å². The van der Waals surface area contributed by atoms with Gasteiger partial charge in [0.25, 0.3) is 11.4 Å². The molecule has 2 amide bonds. The van der Waals surface area contributed by atoms with Gasteiger partial charge >= 0.3 is 0 Å². The molecule has 0 aliphatic rings. The Kier molecular flexibility index (Phi) is 9.83. The largest absolute Gasteiger partial charge is 0.326 e. The molecule has 4 aromatic rings. The molecule has 0 radical (unpaired) electrons. The van der Waals surface area contributed by atoms with E-state index in [-0.39, 0.29) is 43.3 Å².